The number of anilines is 1. The minimum Gasteiger partial charge on any atom is -0.465 e. The normalized spacial score (nSPS) is 21.5. The Morgan fingerprint density at radius 3 is 2.52 bits per heavy atom. The van der Waals surface area contributed by atoms with Crippen LogP contribution in [-0.2, 0) is 24.2 Å². The van der Waals surface area contributed by atoms with Crippen molar-refractivity contribution in [3.8, 4) is 0 Å². The second-order valence-electron chi connectivity index (χ2n) is 6.36. The lowest BCUT2D eigenvalue weighted by Crippen LogP contribution is -2.42. The monoisotopic (exact) mass is 393 g/mol. The maximum absolute atomic E-state index is 12.4. The van der Waals surface area contributed by atoms with Crippen molar-refractivity contribution in [1.82, 2.24) is 5.01 Å². The van der Waals surface area contributed by atoms with E-state index in [2.05, 4.69) is 15.2 Å². The van der Waals surface area contributed by atoms with Crippen LogP contribution in [0.3, 0.4) is 0 Å². The topological polar surface area (TPSA) is 122 Å². The first-order valence-electron chi connectivity index (χ1n) is 8.39. The zero-order valence-corrected chi connectivity index (χ0v) is 15.5. The Hall–Kier alpha value is -2.75. The fourth-order valence-corrected chi connectivity index (χ4v) is 4.69. The number of carbonyl (C=O) groups is 3. The molecule has 2 amide bonds. The third-order valence-electron chi connectivity index (χ3n) is 4.44. The minimum absolute atomic E-state index is 0.0189. The van der Waals surface area contributed by atoms with E-state index >= 15 is 0 Å². The van der Waals surface area contributed by atoms with Crippen molar-refractivity contribution in [2.75, 3.05) is 23.9 Å². The second kappa shape index (κ2) is 7.47. The van der Waals surface area contributed by atoms with Crippen molar-refractivity contribution >= 4 is 39.0 Å². The summed E-state index contributed by atoms with van der Waals surface area (Å²) in [6.07, 6.45) is 0.604. The Balaban J connectivity index is 1.71. The number of carbonyl (C=O) groups excluding carboxylic acids is 3. The molecular formula is C17H19N3O6S. The molecule has 1 aromatic carbocycles. The Kier molecular flexibility index (Phi) is 5.26. The van der Waals surface area contributed by atoms with Crippen molar-refractivity contribution < 1.29 is 27.5 Å². The Bertz CT molecular complexity index is 907. The standard InChI is InChI=1S/C17H19N3O6S/c1-26-17(23)11-2-4-12(5-3-11)18-16(22)14-6-7-15(21)20(19-14)13-8-9-27(24,25)10-13/h2-5,13H,6-10H2,1H3,(H,18,22)/t13-/m0/s1. The molecule has 2 aliphatic heterocycles. The average Bonchev–Trinajstić information content (AvgIpc) is 3.01. The predicted octanol–water partition coefficient (Wildman–Crippen LogP) is 0.577. The van der Waals surface area contributed by atoms with E-state index in [0.717, 1.165) is 5.01 Å². The number of hydrazone groups is 1. The maximum atomic E-state index is 12.4. The van der Waals surface area contributed by atoms with Crippen LogP contribution in [0.25, 0.3) is 0 Å². The van der Waals surface area contributed by atoms with Gasteiger partial charge in [0.05, 0.1) is 30.2 Å². The number of amides is 2. The highest BCUT2D eigenvalue weighted by molar-refractivity contribution is 7.91. The molecule has 10 heteroatoms. The van der Waals surface area contributed by atoms with Gasteiger partial charge in [-0.2, -0.15) is 5.10 Å². The quantitative estimate of drug-likeness (QED) is 0.747. The highest BCUT2D eigenvalue weighted by atomic mass is 32.2. The van der Waals surface area contributed by atoms with Gasteiger partial charge in [0.15, 0.2) is 9.84 Å². The van der Waals surface area contributed by atoms with Crippen LogP contribution in [0.1, 0.15) is 29.6 Å². The molecule has 0 aromatic heterocycles. The highest BCUT2D eigenvalue weighted by Crippen LogP contribution is 2.22. The van der Waals surface area contributed by atoms with Gasteiger partial charge in [-0.1, -0.05) is 0 Å². The summed E-state index contributed by atoms with van der Waals surface area (Å²) in [6.45, 7) is 0. The summed E-state index contributed by atoms with van der Waals surface area (Å²) in [5.41, 5.74) is 0.975. The molecular weight excluding hydrogens is 374 g/mol. The molecule has 144 valence electrons. The Labute approximate surface area is 156 Å². The van der Waals surface area contributed by atoms with E-state index in [1.807, 2.05) is 0 Å². The van der Waals surface area contributed by atoms with Gasteiger partial charge in [0.25, 0.3) is 5.91 Å². The Morgan fingerprint density at radius 2 is 1.93 bits per heavy atom. The molecule has 3 rings (SSSR count). The summed E-state index contributed by atoms with van der Waals surface area (Å²) in [6, 6.07) is 5.62. The molecule has 2 aliphatic rings. The molecule has 1 N–H and O–H groups in total. The number of rotatable bonds is 4. The maximum Gasteiger partial charge on any atom is 0.337 e. The largest absolute Gasteiger partial charge is 0.465 e. The van der Waals surface area contributed by atoms with Crippen molar-refractivity contribution in [3.05, 3.63) is 29.8 Å². The van der Waals surface area contributed by atoms with Crippen LogP contribution in [-0.4, -0.2) is 61.6 Å². The van der Waals surface area contributed by atoms with Gasteiger partial charge in [-0.05, 0) is 30.7 Å². The zero-order valence-electron chi connectivity index (χ0n) is 14.7. The summed E-state index contributed by atoms with van der Waals surface area (Å²) < 4.78 is 27.9. The average molecular weight is 393 g/mol. The molecule has 1 saturated heterocycles. The van der Waals surface area contributed by atoms with E-state index in [9.17, 15) is 22.8 Å². The molecule has 1 fully saturated rings. The lowest BCUT2D eigenvalue weighted by Gasteiger charge is -2.27. The third kappa shape index (κ3) is 4.33. The molecule has 0 unspecified atom stereocenters. The zero-order chi connectivity index (χ0) is 19.6. The first-order valence-corrected chi connectivity index (χ1v) is 10.2. The second-order valence-corrected chi connectivity index (χ2v) is 8.59. The fourth-order valence-electron chi connectivity index (χ4n) is 3.00. The van der Waals surface area contributed by atoms with Gasteiger partial charge in [0, 0.05) is 18.5 Å². The lowest BCUT2D eigenvalue weighted by molar-refractivity contribution is -0.133. The number of sulfone groups is 1. The van der Waals surface area contributed by atoms with E-state index < -0.39 is 27.8 Å². The van der Waals surface area contributed by atoms with E-state index in [1.165, 1.54) is 19.2 Å². The summed E-state index contributed by atoms with van der Waals surface area (Å²) in [5.74, 6) is -1.35. The van der Waals surface area contributed by atoms with Crippen LogP contribution in [0.2, 0.25) is 0 Å². The van der Waals surface area contributed by atoms with Crippen LogP contribution in [0.15, 0.2) is 29.4 Å². The molecule has 0 saturated carbocycles. The van der Waals surface area contributed by atoms with Crippen LogP contribution < -0.4 is 5.32 Å². The van der Waals surface area contributed by atoms with Crippen LogP contribution in [0.5, 0.6) is 0 Å². The number of esters is 1. The minimum atomic E-state index is -3.17. The predicted molar refractivity (Wildman–Crippen MR) is 97.0 cm³/mol. The SMILES string of the molecule is COC(=O)c1ccc(NC(=O)C2=NN([C@H]3CCS(=O)(=O)C3)C(=O)CC2)cc1. The fraction of sp³-hybridized carbons (Fsp3) is 0.412. The van der Waals surface area contributed by atoms with Crippen LogP contribution in [0, 0.1) is 0 Å². The molecule has 1 atom stereocenters. The number of ether oxygens (including phenoxy) is 1. The van der Waals surface area contributed by atoms with Crippen molar-refractivity contribution in [3.63, 3.8) is 0 Å². The third-order valence-corrected chi connectivity index (χ3v) is 6.19. The Morgan fingerprint density at radius 1 is 1.22 bits per heavy atom. The lowest BCUT2D eigenvalue weighted by atomic mass is 10.1. The molecule has 27 heavy (non-hydrogen) atoms. The smallest absolute Gasteiger partial charge is 0.337 e. The van der Waals surface area contributed by atoms with Gasteiger partial charge in [-0.3, -0.25) is 9.59 Å². The van der Waals surface area contributed by atoms with E-state index in [-0.39, 0.29) is 36.0 Å². The van der Waals surface area contributed by atoms with Crippen LogP contribution >= 0.6 is 0 Å². The molecule has 0 bridgehead atoms. The molecule has 0 spiro atoms. The molecule has 0 aliphatic carbocycles. The number of methoxy groups -OCH3 is 1. The summed E-state index contributed by atoms with van der Waals surface area (Å²) in [7, 11) is -1.89. The highest BCUT2D eigenvalue weighted by Gasteiger charge is 2.37. The van der Waals surface area contributed by atoms with Crippen molar-refractivity contribution in [2.24, 2.45) is 5.10 Å². The summed E-state index contributed by atoms with van der Waals surface area (Å²) in [4.78, 5) is 36.0. The van der Waals surface area contributed by atoms with Gasteiger partial charge in [0.1, 0.15) is 5.71 Å². The number of hydrogen-bond acceptors (Lipinski definition) is 7. The summed E-state index contributed by atoms with van der Waals surface area (Å²) >= 11 is 0. The molecule has 2 heterocycles. The molecule has 9 nitrogen and oxygen atoms in total. The molecule has 1 aromatic rings. The van der Waals surface area contributed by atoms with Gasteiger partial charge in [0.2, 0.25) is 5.91 Å². The first kappa shape index (κ1) is 19.0. The summed E-state index contributed by atoms with van der Waals surface area (Å²) in [5, 5.41) is 7.92. The van der Waals surface area contributed by atoms with E-state index in [1.54, 1.807) is 12.1 Å². The van der Waals surface area contributed by atoms with Gasteiger partial charge >= 0.3 is 5.97 Å². The van der Waals surface area contributed by atoms with Gasteiger partial charge < -0.3 is 10.1 Å². The van der Waals surface area contributed by atoms with Gasteiger partial charge in [-0.25, -0.2) is 18.2 Å². The van der Waals surface area contributed by atoms with Crippen molar-refractivity contribution in [2.45, 2.75) is 25.3 Å². The van der Waals surface area contributed by atoms with Crippen LogP contribution in [0.4, 0.5) is 5.69 Å². The number of nitrogens with one attached hydrogen (secondary N) is 1. The van der Waals surface area contributed by atoms with E-state index in [0.29, 0.717) is 17.7 Å². The van der Waals surface area contributed by atoms with Gasteiger partial charge in [-0.15, -0.1) is 0 Å². The number of benzene rings is 1. The molecule has 0 radical (unpaired) electrons. The number of hydrogen-bond donors (Lipinski definition) is 1. The first-order chi connectivity index (χ1) is 12.8. The number of nitrogens with zero attached hydrogens (tertiary/aromatic N) is 2. The van der Waals surface area contributed by atoms with E-state index in [4.69, 9.17) is 0 Å². The van der Waals surface area contributed by atoms with Crippen molar-refractivity contribution in [1.29, 1.82) is 0 Å².